The smallest absolute Gasteiger partial charge is 0.224 e. The van der Waals surface area contributed by atoms with Gasteiger partial charge in [-0.1, -0.05) is 0 Å². The molecule has 5 nitrogen and oxygen atoms in total. The Balaban J connectivity index is 1.61. The molecule has 2 aliphatic rings. The molecular formula is C12H23N3O2. The summed E-state index contributed by atoms with van der Waals surface area (Å²) in [6.07, 6.45) is 3.18. The van der Waals surface area contributed by atoms with Crippen LogP contribution in [0.3, 0.4) is 0 Å². The van der Waals surface area contributed by atoms with Crippen molar-refractivity contribution in [3.8, 4) is 0 Å². The summed E-state index contributed by atoms with van der Waals surface area (Å²) in [5, 5.41) is 9.40. The van der Waals surface area contributed by atoms with Crippen molar-refractivity contribution in [1.29, 1.82) is 0 Å². The van der Waals surface area contributed by atoms with Crippen LogP contribution in [0, 0.1) is 0 Å². The number of hydrogen-bond acceptors (Lipinski definition) is 4. The largest absolute Gasteiger partial charge is 0.393 e. The van der Waals surface area contributed by atoms with Gasteiger partial charge in [-0.05, 0) is 25.8 Å². The molecule has 5 heteroatoms. The van der Waals surface area contributed by atoms with Crippen molar-refractivity contribution in [2.75, 3.05) is 32.7 Å². The number of aliphatic hydroxyl groups excluding tert-OH is 1. The first kappa shape index (κ1) is 12.8. The van der Waals surface area contributed by atoms with Crippen LogP contribution in [-0.4, -0.2) is 65.7 Å². The zero-order valence-electron chi connectivity index (χ0n) is 10.3. The van der Waals surface area contributed by atoms with Gasteiger partial charge in [0, 0.05) is 38.6 Å². The summed E-state index contributed by atoms with van der Waals surface area (Å²) < 4.78 is 0. The number of likely N-dealkylation sites (tertiary alicyclic amines) is 2. The summed E-state index contributed by atoms with van der Waals surface area (Å²) in [7, 11) is 0. The molecule has 1 unspecified atom stereocenters. The van der Waals surface area contributed by atoms with Crippen LogP contribution in [0.15, 0.2) is 0 Å². The van der Waals surface area contributed by atoms with Gasteiger partial charge in [-0.2, -0.15) is 0 Å². The average Bonchev–Trinajstić information content (AvgIpc) is 2.60. The van der Waals surface area contributed by atoms with Gasteiger partial charge in [0.2, 0.25) is 5.91 Å². The van der Waals surface area contributed by atoms with E-state index in [1.165, 1.54) is 0 Å². The van der Waals surface area contributed by atoms with Crippen LogP contribution in [0.5, 0.6) is 0 Å². The predicted molar refractivity (Wildman–Crippen MR) is 65.5 cm³/mol. The van der Waals surface area contributed by atoms with Crippen molar-refractivity contribution in [2.45, 2.75) is 37.8 Å². The third kappa shape index (κ3) is 3.66. The van der Waals surface area contributed by atoms with Crippen molar-refractivity contribution in [3.63, 3.8) is 0 Å². The van der Waals surface area contributed by atoms with Crippen LogP contribution in [0.1, 0.15) is 25.7 Å². The maximum absolute atomic E-state index is 11.5. The fourth-order valence-electron chi connectivity index (χ4n) is 2.65. The SMILES string of the molecule is NC1CC(=O)N(CCCN2CCC(O)CC2)C1. The van der Waals surface area contributed by atoms with Gasteiger partial charge >= 0.3 is 0 Å². The summed E-state index contributed by atoms with van der Waals surface area (Å²) in [5.41, 5.74) is 5.74. The van der Waals surface area contributed by atoms with Crippen molar-refractivity contribution >= 4 is 5.91 Å². The minimum absolute atomic E-state index is 0.0348. The molecule has 0 spiro atoms. The molecule has 0 aromatic rings. The van der Waals surface area contributed by atoms with Crippen LogP contribution in [0.25, 0.3) is 0 Å². The molecule has 0 aliphatic carbocycles. The lowest BCUT2D eigenvalue weighted by molar-refractivity contribution is -0.127. The molecule has 2 rings (SSSR count). The van der Waals surface area contributed by atoms with Crippen LogP contribution in [-0.2, 0) is 4.79 Å². The number of nitrogens with two attached hydrogens (primary N) is 1. The minimum atomic E-state index is -0.107. The summed E-state index contributed by atoms with van der Waals surface area (Å²) >= 11 is 0. The second-order valence-corrected chi connectivity index (χ2v) is 5.23. The van der Waals surface area contributed by atoms with E-state index in [0.717, 1.165) is 52.0 Å². The highest BCUT2D eigenvalue weighted by atomic mass is 16.3. The number of rotatable bonds is 4. The minimum Gasteiger partial charge on any atom is -0.393 e. The predicted octanol–water partition coefficient (Wildman–Crippen LogP) is -0.607. The van der Waals surface area contributed by atoms with Crippen LogP contribution in [0.2, 0.25) is 0 Å². The quantitative estimate of drug-likeness (QED) is 0.689. The fraction of sp³-hybridized carbons (Fsp3) is 0.917. The van der Waals surface area contributed by atoms with E-state index in [1.807, 2.05) is 4.90 Å². The third-order valence-corrected chi connectivity index (χ3v) is 3.70. The first-order valence-electron chi connectivity index (χ1n) is 6.59. The Labute approximate surface area is 103 Å². The Morgan fingerprint density at radius 3 is 2.59 bits per heavy atom. The summed E-state index contributed by atoms with van der Waals surface area (Å²) in [4.78, 5) is 15.8. The van der Waals surface area contributed by atoms with E-state index < -0.39 is 0 Å². The number of carbonyl (C=O) groups is 1. The van der Waals surface area contributed by atoms with E-state index in [9.17, 15) is 9.90 Å². The Morgan fingerprint density at radius 2 is 2.00 bits per heavy atom. The molecule has 17 heavy (non-hydrogen) atoms. The molecule has 2 aliphatic heterocycles. The number of carbonyl (C=O) groups excluding carboxylic acids is 1. The van der Waals surface area contributed by atoms with Crippen molar-refractivity contribution in [3.05, 3.63) is 0 Å². The van der Waals surface area contributed by atoms with Gasteiger partial charge in [0.15, 0.2) is 0 Å². The molecule has 0 radical (unpaired) electrons. The van der Waals surface area contributed by atoms with E-state index in [-0.39, 0.29) is 18.1 Å². The molecule has 1 atom stereocenters. The van der Waals surface area contributed by atoms with Crippen LogP contribution < -0.4 is 5.73 Å². The van der Waals surface area contributed by atoms with E-state index in [4.69, 9.17) is 5.73 Å². The second kappa shape index (κ2) is 5.80. The topological polar surface area (TPSA) is 69.8 Å². The highest BCUT2D eigenvalue weighted by Gasteiger charge is 2.26. The first-order chi connectivity index (χ1) is 8.15. The Morgan fingerprint density at radius 1 is 1.29 bits per heavy atom. The van der Waals surface area contributed by atoms with Crippen molar-refractivity contribution in [1.82, 2.24) is 9.80 Å². The summed E-state index contributed by atoms with van der Waals surface area (Å²) in [5.74, 6) is 0.201. The Bertz CT molecular complexity index is 264. The lowest BCUT2D eigenvalue weighted by Crippen LogP contribution is -2.38. The maximum atomic E-state index is 11.5. The van der Waals surface area contributed by atoms with Gasteiger partial charge in [-0.25, -0.2) is 0 Å². The average molecular weight is 241 g/mol. The normalized spacial score (nSPS) is 28.0. The highest BCUT2D eigenvalue weighted by molar-refractivity contribution is 5.79. The highest BCUT2D eigenvalue weighted by Crippen LogP contribution is 2.12. The monoisotopic (exact) mass is 241 g/mol. The number of piperidine rings is 1. The number of hydrogen-bond donors (Lipinski definition) is 2. The molecule has 0 bridgehead atoms. The lowest BCUT2D eigenvalue weighted by atomic mass is 10.1. The zero-order valence-corrected chi connectivity index (χ0v) is 10.3. The Kier molecular flexibility index (Phi) is 4.36. The van der Waals surface area contributed by atoms with E-state index in [0.29, 0.717) is 6.42 Å². The molecular weight excluding hydrogens is 218 g/mol. The molecule has 0 saturated carbocycles. The number of aliphatic hydroxyl groups is 1. The van der Waals surface area contributed by atoms with Gasteiger partial charge in [0.05, 0.1) is 6.10 Å². The molecule has 1 amide bonds. The molecule has 2 heterocycles. The number of nitrogens with zero attached hydrogens (tertiary/aromatic N) is 2. The fourth-order valence-corrected chi connectivity index (χ4v) is 2.65. The summed E-state index contributed by atoms with van der Waals surface area (Å²) in [6, 6.07) is 0.0348. The maximum Gasteiger partial charge on any atom is 0.224 e. The van der Waals surface area contributed by atoms with E-state index >= 15 is 0 Å². The van der Waals surface area contributed by atoms with Gasteiger partial charge in [-0.3, -0.25) is 4.79 Å². The molecule has 98 valence electrons. The van der Waals surface area contributed by atoms with Gasteiger partial charge < -0.3 is 20.6 Å². The second-order valence-electron chi connectivity index (χ2n) is 5.23. The van der Waals surface area contributed by atoms with Crippen molar-refractivity contribution < 1.29 is 9.90 Å². The van der Waals surface area contributed by atoms with E-state index in [2.05, 4.69) is 4.90 Å². The zero-order chi connectivity index (χ0) is 12.3. The van der Waals surface area contributed by atoms with E-state index in [1.54, 1.807) is 0 Å². The standard InChI is InChI=1S/C12H23N3O2/c13-10-8-12(17)15(9-10)5-1-4-14-6-2-11(16)3-7-14/h10-11,16H,1-9,13H2. The third-order valence-electron chi connectivity index (χ3n) is 3.70. The molecule has 3 N–H and O–H groups in total. The van der Waals surface area contributed by atoms with Gasteiger partial charge in [0.1, 0.15) is 0 Å². The van der Waals surface area contributed by atoms with Crippen LogP contribution >= 0.6 is 0 Å². The van der Waals surface area contributed by atoms with Crippen molar-refractivity contribution in [2.24, 2.45) is 5.73 Å². The molecule has 2 fully saturated rings. The molecule has 0 aromatic carbocycles. The number of amides is 1. The first-order valence-corrected chi connectivity index (χ1v) is 6.59. The lowest BCUT2D eigenvalue weighted by Gasteiger charge is -2.29. The van der Waals surface area contributed by atoms with Gasteiger partial charge in [-0.15, -0.1) is 0 Å². The van der Waals surface area contributed by atoms with Crippen LogP contribution in [0.4, 0.5) is 0 Å². The molecule has 2 saturated heterocycles. The van der Waals surface area contributed by atoms with Gasteiger partial charge in [0.25, 0.3) is 0 Å². The summed E-state index contributed by atoms with van der Waals surface area (Å²) in [6.45, 7) is 4.53. The Hall–Kier alpha value is -0.650. The molecule has 0 aromatic heterocycles.